The fraction of sp³-hybridized carbons (Fsp3) is 0.455. The Balaban J connectivity index is 2.51. The highest BCUT2D eigenvalue weighted by Crippen LogP contribution is 2.05. The summed E-state index contributed by atoms with van der Waals surface area (Å²) in [5.41, 5.74) is 6.56. The molecule has 0 aliphatic rings. The molecule has 1 rings (SSSR count). The van der Waals surface area contributed by atoms with Gasteiger partial charge in [0.25, 0.3) is 0 Å². The lowest BCUT2D eigenvalue weighted by Crippen LogP contribution is -2.26. The highest BCUT2D eigenvalue weighted by molar-refractivity contribution is 5.90. The van der Waals surface area contributed by atoms with Crippen LogP contribution in [0.2, 0.25) is 0 Å². The number of amides is 1. The number of nitrogens with one attached hydrogen (secondary N) is 1. The van der Waals surface area contributed by atoms with Crippen LogP contribution in [-0.4, -0.2) is 16.9 Å². The van der Waals surface area contributed by atoms with Crippen molar-refractivity contribution >= 4 is 11.7 Å². The minimum atomic E-state index is -0.0811. The van der Waals surface area contributed by atoms with Gasteiger partial charge >= 0.3 is 0 Å². The van der Waals surface area contributed by atoms with Crippen LogP contribution in [-0.2, 0) is 4.79 Å². The van der Waals surface area contributed by atoms with Crippen LogP contribution in [0.25, 0.3) is 0 Å². The maximum absolute atomic E-state index is 11.5. The Kier molecular flexibility index (Phi) is 4.24. The average Bonchev–Trinajstić information content (AvgIpc) is 2.17. The summed E-state index contributed by atoms with van der Waals surface area (Å²) in [6.07, 6.45) is 1.14. The standard InChI is InChI=1S/C11H17N3O/c1-3-9(12)7-11(15)14-10-6-4-5-8(2)13-10/h4-6,9H,3,7,12H2,1-2H3,(H,13,14,15). The summed E-state index contributed by atoms with van der Waals surface area (Å²) in [5, 5.41) is 2.72. The highest BCUT2D eigenvalue weighted by Gasteiger charge is 2.08. The van der Waals surface area contributed by atoms with Crippen LogP contribution < -0.4 is 11.1 Å². The summed E-state index contributed by atoms with van der Waals surface area (Å²) in [6, 6.07) is 5.43. The van der Waals surface area contributed by atoms with Gasteiger partial charge in [0.1, 0.15) is 5.82 Å². The summed E-state index contributed by atoms with van der Waals surface area (Å²) < 4.78 is 0. The second-order valence-electron chi connectivity index (χ2n) is 3.58. The number of nitrogens with two attached hydrogens (primary N) is 1. The number of rotatable bonds is 4. The van der Waals surface area contributed by atoms with E-state index in [2.05, 4.69) is 10.3 Å². The molecule has 82 valence electrons. The lowest BCUT2D eigenvalue weighted by molar-refractivity contribution is -0.116. The number of carbonyl (C=O) groups is 1. The minimum Gasteiger partial charge on any atom is -0.327 e. The summed E-state index contributed by atoms with van der Waals surface area (Å²) in [6.45, 7) is 3.84. The minimum absolute atomic E-state index is 0.0743. The number of hydrogen-bond acceptors (Lipinski definition) is 3. The molecule has 15 heavy (non-hydrogen) atoms. The van der Waals surface area contributed by atoms with Crippen LogP contribution in [0.15, 0.2) is 18.2 Å². The molecule has 0 aromatic carbocycles. The molecule has 0 saturated heterocycles. The number of carbonyl (C=O) groups excluding carboxylic acids is 1. The fourth-order valence-corrected chi connectivity index (χ4v) is 1.19. The van der Waals surface area contributed by atoms with Crippen molar-refractivity contribution in [3.63, 3.8) is 0 Å². The van der Waals surface area contributed by atoms with Crippen LogP contribution in [0, 0.1) is 6.92 Å². The van der Waals surface area contributed by atoms with Crippen molar-refractivity contribution in [3.8, 4) is 0 Å². The van der Waals surface area contributed by atoms with Crippen LogP contribution in [0.3, 0.4) is 0 Å². The number of nitrogens with zero attached hydrogens (tertiary/aromatic N) is 1. The molecule has 0 saturated carbocycles. The van der Waals surface area contributed by atoms with E-state index in [1.54, 1.807) is 6.07 Å². The van der Waals surface area contributed by atoms with Crippen molar-refractivity contribution in [3.05, 3.63) is 23.9 Å². The maximum Gasteiger partial charge on any atom is 0.227 e. The first kappa shape index (κ1) is 11.7. The van der Waals surface area contributed by atoms with E-state index in [0.717, 1.165) is 12.1 Å². The summed E-state index contributed by atoms with van der Waals surface area (Å²) in [7, 11) is 0. The Morgan fingerprint density at radius 2 is 2.33 bits per heavy atom. The quantitative estimate of drug-likeness (QED) is 0.785. The molecule has 1 heterocycles. The summed E-state index contributed by atoms with van der Waals surface area (Å²) in [4.78, 5) is 15.6. The van der Waals surface area contributed by atoms with Crippen molar-refractivity contribution < 1.29 is 4.79 Å². The van der Waals surface area contributed by atoms with Crippen LogP contribution >= 0.6 is 0 Å². The number of anilines is 1. The summed E-state index contributed by atoms with van der Waals surface area (Å²) in [5.74, 6) is 0.505. The van der Waals surface area contributed by atoms with Gasteiger partial charge in [0.2, 0.25) is 5.91 Å². The Morgan fingerprint density at radius 1 is 1.60 bits per heavy atom. The molecular formula is C11H17N3O. The third-order valence-corrected chi connectivity index (χ3v) is 2.13. The van der Waals surface area contributed by atoms with Crippen LogP contribution in [0.5, 0.6) is 0 Å². The first-order valence-corrected chi connectivity index (χ1v) is 5.11. The predicted octanol–water partition coefficient (Wildman–Crippen LogP) is 1.46. The Labute approximate surface area is 89.9 Å². The molecule has 0 aliphatic heterocycles. The third kappa shape index (κ3) is 4.08. The molecule has 0 spiro atoms. The van der Waals surface area contributed by atoms with E-state index in [9.17, 15) is 4.79 Å². The van der Waals surface area contributed by atoms with Crippen molar-refractivity contribution in [2.24, 2.45) is 5.73 Å². The van der Waals surface area contributed by atoms with Crippen LogP contribution in [0.1, 0.15) is 25.5 Å². The topological polar surface area (TPSA) is 68.0 Å². The van der Waals surface area contributed by atoms with Gasteiger partial charge in [-0.05, 0) is 25.5 Å². The molecule has 1 atom stereocenters. The zero-order valence-corrected chi connectivity index (χ0v) is 9.16. The van der Waals surface area contributed by atoms with Gasteiger partial charge < -0.3 is 11.1 Å². The molecule has 0 bridgehead atoms. The number of aryl methyl sites for hydroxylation is 1. The van der Waals surface area contributed by atoms with Crippen molar-refractivity contribution in [2.75, 3.05) is 5.32 Å². The predicted molar refractivity (Wildman–Crippen MR) is 60.5 cm³/mol. The van der Waals surface area contributed by atoms with Gasteiger partial charge in [-0.25, -0.2) is 4.98 Å². The number of pyridine rings is 1. The second kappa shape index (κ2) is 5.46. The first-order chi connectivity index (χ1) is 7.11. The lowest BCUT2D eigenvalue weighted by Gasteiger charge is -2.08. The Hall–Kier alpha value is -1.42. The molecule has 1 amide bonds. The van der Waals surface area contributed by atoms with E-state index < -0.39 is 0 Å². The molecule has 4 nitrogen and oxygen atoms in total. The van der Waals surface area contributed by atoms with Gasteiger partial charge in [-0.1, -0.05) is 13.0 Å². The zero-order chi connectivity index (χ0) is 11.3. The van der Waals surface area contributed by atoms with Crippen LogP contribution in [0.4, 0.5) is 5.82 Å². The molecule has 3 N–H and O–H groups in total. The van der Waals surface area contributed by atoms with E-state index in [4.69, 9.17) is 5.73 Å². The van der Waals surface area contributed by atoms with Crippen molar-refractivity contribution in [2.45, 2.75) is 32.7 Å². The highest BCUT2D eigenvalue weighted by atomic mass is 16.1. The van der Waals surface area contributed by atoms with E-state index >= 15 is 0 Å². The van der Waals surface area contributed by atoms with Gasteiger partial charge in [-0.2, -0.15) is 0 Å². The molecule has 1 aromatic heterocycles. The molecule has 1 aromatic rings. The molecule has 0 fully saturated rings. The largest absolute Gasteiger partial charge is 0.327 e. The van der Waals surface area contributed by atoms with Gasteiger partial charge in [-0.3, -0.25) is 4.79 Å². The van der Waals surface area contributed by atoms with Gasteiger partial charge in [-0.15, -0.1) is 0 Å². The monoisotopic (exact) mass is 207 g/mol. The van der Waals surface area contributed by atoms with E-state index in [-0.39, 0.29) is 11.9 Å². The SMILES string of the molecule is CCC(N)CC(=O)Nc1cccc(C)n1. The lowest BCUT2D eigenvalue weighted by atomic mass is 10.1. The fourth-order valence-electron chi connectivity index (χ4n) is 1.19. The third-order valence-electron chi connectivity index (χ3n) is 2.13. The summed E-state index contributed by atoms with van der Waals surface area (Å²) >= 11 is 0. The van der Waals surface area contributed by atoms with E-state index in [1.165, 1.54) is 0 Å². The molecule has 0 aliphatic carbocycles. The molecular weight excluding hydrogens is 190 g/mol. The molecule has 0 radical (unpaired) electrons. The smallest absolute Gasteiger partial charge is 0.227 e. The average molecular weight is 207 g/mol. The van der Waals surface area contributed by atoms with E-state index in [0.29, 0.717) is 12.2 Å². The van der Waals surface area contributed by atoms with Crippen molar-refractivity contribution in [1.82, 2.24) is 4.98 Å². The normalized spacial score (nSPS) is 12.2. The maximum atomic E-state index is 11.5. The van der Waals surface area contributed by atoms with Crippen molar-refractivity contribution in [1.29, 1.82) is 0 Å². The van der Waals surface area contributed by atoms with Gasteiger partial charge in [0.15, 0.2) is 0 Å². The van der Waals surface area contributed by atoms with Gasteiger partial charge in [0, 0.05) is 18.2 Å². The molecule has 4 heteroatoms. The first-order valence-electron chi connectivity index (χ1n) is 5.11. The number of aromatic nitrogens is 1. The van der Waals surface area contributed by atoms with E-state index in [1.807, 2.05) is 26.0 Å². The van der Waals surface area contributed by atoms with Gasteiger partial charge in [0.05, 0.1) is 0 Å². The zero-order valence-electron chi connectivity index (χ0n) is 9.16. The Morgan fingerprint density at radius 3 is 2.93 bits per heavy atom. The number of hydrogen-bond donors (Lipinski definition) is 2. The Bertz CT molecular complexity index is 338. The molecule has 1 unspecified atom stereocenters. The second-order valence-corrected chi connectivity index (χ2v) is 3.58.